The Morgan fingerprint density at radius 2 is 2.36 bits per heavy atom. The van der Waals surface area contributed by atoms with Gasteiger partial charge in [0.25, 0.3) is 5.91 Å². The number of nitrogens with zero attached hydrogens (tertiary/aromatic N) is 2. The number of aryl methyl sites for hydroxylation is 1. The maximum atomic E-state index is 11.6. The summed E-state index contributed by atoms with van der Waals surface area (Å²) in [5, 5.41) is 6.90. The van der Waals surface area contributed by atoms with Gasteiger partial charge >= 0.3 is 0 Å². The normalized spacial score (nSPS) is 10.6. The van der Waals surface area contributed by atoms with Crippen molar-refractivity contribution < 1.29 is 4.79 Å². The maximum absolute atomic E-state index is 11.6. The molecular formula is C10H17N3O. The van der Waals surface area contributed by atoms with Crippen molar-refractivity contribution in [2.24, 2.45) is 5.92 Å². The Kier molecular flexibility index (Phi) is 3.68. The van der Waals surface area contributed by atoms with Crippen LogP contribution in [0.15, 0.2) is 12.3 Å². The summed E-state index contributed by atoms with van der Waals surface area (Å²) in [6.45, 7) is 7.52. The number of hydrogen-bond acceptors (Lipinski definition) is 2. The number of carbonyl (C=O) groups is 1. The van der Waals surface area contributed by atoms with Gasteiger partial charge in [0.1, 0.15) is 5.69 Å². The van der Waals surface area contributed by atoms with Crippen LogP contribution < -0.4 is 5.32 Å². The molecule has 1 rings (SSSR count). The minimum atomic E-state index is -0.0435. The lowest BCUT2D eigenvalue weighted by atomic mass is 10.2. The number of amides is 1. The van der Waals surface area contributed by atoms with E-state index in [-0.39, 0.29) is 5.91 Å². The highest BCUT2D eigenvalue weighted by Crippen LogP contribution is 1.99. The molecule has 0 aliphatic carbocycles. The first-order valence-electron chi connectivity index (χ1n) is 4.95. The van der Waals surface area contributed by atoms with Crippen molar-refractivity contribution in [3.8, 4) is 0 Å². The van der Waals surface area contributed by atoms with Gasteiger partial charge in [0.15, 0.2) is 0 Å². The molecule has 14 heavy (non-hydrogen) atoms. The van der Waals surface area contributed by atoms with Crippen LogP contribution in [0.5, 0.6) is 0 Å². The molecule has 4 heteroatoms. The Balaban J connectivity index is 2.60. The molecule has 1 amide bonds. The van der Waals surface area contributed by atoms with Crippen LogP contribution in [-0.4, -0.2) is 22.2 Å². The Morgan fingerprint density at radius 3 is 2.93 bits per heavy atom. The van der Waals surface area contributed by atoms with Crippen molar-refractivity contribution in [3.05, 3.63) is 18.0 Å². The number of carbonyl (C=O) groups excluding carboxylic acids is 1. The summed E-state index contributed by atoms with van der Waals surface area (Å²) in [4.78, 5) is 11.6. The number of nitrogens with one attached hydrogen (secondary N) is 1. The summed E-state index contributed by atoms with van der Waals surface area (Å²) < 4.78 is 1.69. The highest BCUT2D eigenvalue weighted by atomic mass is 16.2. The molecule has 0 atom stereocenters. The quantitative estimate of drug-likeness (QED) is 0.787. The Hall–Kier alpha value is -1.32. The Labute approximate surface area is 84.3 Å². The highest BCUT2D eigenvalue weighted by molar-refractivity contribution is 5.92. The second-order valence-corrected chi connectivity index (χ2v) is 3.64. The number of aromatic nitrogens is 2. The van der Waals surface area contributed by atoms with Crippen molar-refractivity contribution >= 4 is 5.91 Å². The lowest BCUT2D eigenvalue weighted by Gasteiger charge is -2.08. The minimum absolute atomic E-state index is 0.0435. The van der Waals surface area contributed by atoms with Crippen LogP contribution in [0.2, 0.25) is 0 Å². The topological polar surface area (TPSA) is 46.9 Å². The monoisotopic (exact) mass is 195 g/mol. The molecule has 1 aromatic heterocycles. The predicted molar refractivity (Wildman–Crippen MR) is 55.1 cm³/mol. The van der Waals surface area contributed by atoms with Gasteiger partial charge in [0.05, 0.1) is 0 Å². The highest BCUT2D eigenvalue weighted by Gasteiger charge is 2.10. The van der Waals surface area contributed by atoms with Gasteiger partial charge in [-0.15, -0.1) is 0 Å². The van der Waals surface area contributed by atoms with E-state index in [0.29, 0.717) is 18.2 Å². The van der Waals surface area contributed by atoms with Gasteiger partial charge in [-0.05, 0) is 18.9 Å². The average molecular weight is 195 g/mol. The molecule has 0 aliphatic rings. The van der Waals surface area contributed by atoms with Crippen molar-refractivity contribution in [1.29, 1.82) is 0 Å². The van der Waals surface area contributed by atoms with Crippen LogP contribution >= 0.6 is 0 Å². The van der Waals surface area contributed by atoms with E-state index in [4.69, 9.17) is 0 Å². The summed E-state index contributed by atoms with van der Waals surface area (Å²) >= 11 is 0. The molecule has 1 heterocycles. The van der Waals surface area contributed by atoms with Crippen LogP contribution in [0.3, 0.4) is 0 Å². The van der Waals surface area contributed by atoms with Gasteiger partial charge < -0.3 is 5.32 Å². The van der Waals surface area contributed by atoms with E-state index in [9.17, 15) is 4.79 Å². The van der Waals surface area contributed by atoms with Crippen molar-refractivity contribution in [2.45, 2.75) is 27.3 Å². The summed E-state index contributed by atoms with van der Waals surface area (Å²) in [5.74, 6) is 0.426. The molecule has 4 nitrogen and oxygen atoms in total. The van der Waals surface area contributed by atoms with Crippen LogP contribution in [0.1, 0.15) is 31.3 Å². The molecule has 1 aromatic rings. The third-order valence-electron chi connectivity index (χ3n) is 1.92. The molecule has 0 radical (unpaired) electrons. The van der Waals surface area contributed by atoms with E-state index in [1.165, 1.54) is 0 Å². The standard InChI is InChI=1S/C10H17N3O/c1-4-13-9(5-6-12-13)10(14)11-7-8(2)3/h5-6,8H,4,7H2,1-3H3,(H,11,14). The van der Waals surface area contributed by atoms with Crippen molar-refractivity contribution in [2.75, 3.05) is 6.54 Å². The molecule has 78 valence electrons. The number of hydrogen-bond donors (Lipinski definition) is 1. The summed E-state index contributed by atoms with van der Waals surface area (Å²) in [6.07, 6.45) is 1.65. The molecule has 0 saturated heterocycles. The lowest BCUT2D eigenvalue weighted by molar-refractivity contribution is 0.0938. The number of rotatable bonds is 4. The smallest absolute Gasteiger partial charge is 0.269 e. The zero-order valence-corrected chi connectivity index (χ0v) is 8.95. The maximum Gasteiger partial charge on any atom is 0.269 e. The first kappa shape index (κ1) is 10.8. The fraction of sp³-hybridized carbons (Fsp3) is 0.600. The zero-order valence-electron chi connectivity index (χ0n) is 8.95. The molecule has 0 fully saturated rings. The summed E-state index contributed by atoms with van der Waals surface area (Å²) in [5.41, 5.74) is 0.633. The molecule has 0 bridgehead atoms. The van der Waals surface area contributed by atoms with E-state index in [0.717, 1.165) is 6.54 Å². The second kappa shape index (κ2) is 4.79. The van der Waals surface area contributed by atoms with Gasteiger partial charge in [-0.2, -0.15) is 5.10 Å². The van der Waals surface area contributed by atoms with E-state index < -0.39 is 0 Å². The van der Waals surface area contributed by atoms with Gasteiger partial charge in [-0.1, -0.05) is 13.8 Å². The second-order valence-electron chi connectivity index (χ2n) is 3.64. The van der Waals surface area contributed by atoms with Gasteiger partial charge in [0, 0.05) is 19.3 Å². The molecule has 0 aromatic carbocycles. The summed E-state index contributed by atoms with van der Waals surface area (Å²) in [6, 6.07) is 1.74. The summed E-state index contributed by atoms with van der Waals surface area (Å²) in [7, 11) is 0. The van der Waals surface area contributed by atoms with Crippen LogP contribution in [0.4, 0.5) is 0 Å². The fourth-order valence-electron chi connectivity index (χ4n) is 1.16. The van der Waals surface area contributed by atoms with E-state index in [2.05, 4.69) is 24.3 Å². The molecule has 0 spiro atoms. The van der Waals surface area contributed by atoms with Crippen LogP contribution in [0.25, 0.3) is 0 Å². The predicted octanol–water partition coefficient (Wildman–Crippen LogP) is 1.29. The fourth-order valence-corrected chi connectivity index (χ4v) is 1.16. The third-order valence-corrected chi connectivity index (χ3v) is 1.92. The van der Waals surface area contributed by atoms with E-state index in [1.807, 2.05) is 6.92 Å². The molecule has 1 N–H and O–H groups in total. The zero-order chi connectivity index (χ0) is 10.6. The van der Waals surface area contributed by atoms with Gasteiger partial charge in [-0.3, -0.25) is 9.48 Å². The van der Waals surface area contributed by atoms with Crippen molar-refractivity contribution in [3.63, 3.8) is 0 Å². The largest absolute Gasteiger partial charge is 0.350 e. The lowest BCUT2D eigenvalue weighted by Crippen LogP contribution is -2.29. The first-order valence-corrected chi connectivity index (χ1v) is 4.95. The third kappa shape index (κ3) is 2.58. The molecular weight excluding hydrogens is 178 g/mol. The van der Waals surface area contributed by atoms with Crippen LogP contribution in [0, 0.1) is 5.92 Å². The van der Waals surface area contributed by atoms with Crippen LogP contribution in [-0.2, 0) is 6.54 Å². The first-order chi connectivity index (χ1) is 6.65. The van der Waals surface area contributed by atoms with Crippen molar-refractivity contribution in [1.82, 2.24) is 15.1 Å². The van der Waals surface area contributed by atoms with Gasteiger partial charge in [-0.25, -0.2) is 0 Å². The minimum Gasteiger partial charge on any atom is -0.350 e. The van der Waals surface area contributed by atoms with E-state index in [1.54, 1.807) is 16.9 Å². The Morgan fingerprint density at radius 1 is 1.64 bits per heavy atom. The molecule has 0 saturated carbocycles. The average Bonchev–Trinajstić information content (AvgIpc) is 2.61. The molecule has 0 unspecified atom stereocenters. The molecule has 0 aliphatic heterocycles. The Bertz CT molecular complexity index is 304. The van der Waals surface area contributed by atoms with Gasteiger partial charge in [0.2, 0.25) is 0 Å². The SMILES string of the molecule is CCn1nccc1C(=O)NCC(C)C. The van der Waals surface area contributed by atoms with E-state index >= 15 is 0 Å².